The van der Waals surface area contributed by atoms with Gasteiger partial charge in [0.25, 0.3) is 0 Å². The maximum atomic E-state index is 4.87. The molecule has 0 aliphatic carbocycles. The summed E-state index contributed by atoms with van der Waals surface area (Å²) < 4.78 is 2.93. The molecule has 0 atom stereocenters. The molecule has 25 heavy (non-hydrogen) atoms. The van der Waals surface area contributed by atoms with Crippen LogP contribution in [0.4, 0.5) is 0 Å². The summed E-state index contributed by atoms with van der Waals surface area (Å²) >= 11 is 0.383. The van der Waals surface area contributed by atoms with E-state index < -0.39 is 0 Å². The molecule has 5 rings (SSSR count). The van der Waals surface area contributed by atoms with Crippen LogP contribution in [0.25, 0.3) is 41.6 Å². The van der Waals surface area contributed by atoms with Gasteiger partial charge in [-0.15, -0.1) is 0 Å². The molecule has 2 nitrogen and oxygen atoms in total. The zero-order valence-electron chi connectivity index (χ0n) is 14.1. The van der Waals surface area contributed by atoms with Crippen molar-refractivity contribution in [3.05, 3.63) is 71.9 Å². The Hall–Kier alpha value is -2.48. The van der Waals surface area contributed by atoms with E-state index in [9.17, 15) is 0 Å². The Morgan fingerprint density at radius 1 is 0.720 bits per heavy atom. The average molecular weight is 387 g/mol. The number of hydrogen-bond donors (Lipinski definition) is 0. The molecule has 0 fully saturated rings. The van der Waals surface area contributed by atoms with E-state index >= 15 is 0 Å². The molecule has 0 amide bonds. The average Bonchev–Trinajstić information content (AvgIpc) is 3.00. The van der Waals surface area contributed by atoms with Gasteiger partial charge in [0, 0.05) is 0 Å². The van der Waals surface area contributed by atoms with Gasteiger partial charge in [0.05, 0.1) is 0 Å². The summed E-state index contributed by atoms with van der Waals surface area (Å²) in [6, 6.07) is 21.8. The van der Waals surface area contributed by atoms with Crippen LogP contribution in [0.3, 0.4) is 0 Å². The van der Waals surface area contributed by atoms with Crippen molar-refractivity contribution < 1.29 is 0 Å². The molecule has 0 saturated heterocycles. The summed E-state index contributed by atoms with van der Waals surface area (Å²) in [5, 5.41) is 2.78. The van der Waals surface area contributed by atoms with Gasteiger partial charge in [-0.25, -0.2) is 0 Å². The van der Waals surface area contributed by atoms with E-state index in [4.69, 9.17) is 4.98 Å². The van der Waals surface area contributed by atoms with Gasteiger partial charge in [0.2, 0.25) is 0 Å². The van der Waals surface area contributed by atoms with Gasteiger partial charge >= 0.3 is 152 Å². The Morgan fingerprint density at radius 3 is 2.48 bits per heavy atom. The van der Waals surface area contributed by atoms with Crippen molar-refractivity contribution in [2.45, 2.75) is 13.8 Å². The molecule has 0 radical (unpaired) electrons. The molecular weight excluding hydrogens is 371 g/mol. The summed E-state index contributed by atoms with van der Waals surface area (Å²) in [5.41, 5.74) is 6.39. The molecule has 2 aromatic carbocycles. The first kappa shape index (κ1) is 14.8. The van der Waals surface area contributed by atoms with E-state index in [2.05, 4.69) is 72.6 Å². The molecule has 3 aromatic heterocycles. The Kier molecular flexibility index (Phi) is 3.27. The van der Waals surface area contributed by atoms with E-state index in [1.165, 1.54) is 30.4 Å². The fourth-order valence-corrected chi connectivity index (χ4v) is 5.70. The number of fused-ring (bicyclic) bond motifs is 4. The summed E-state index contributed by atoms with van der Waals surface area (Å²) in [5.74, 6) is 0. The number of benzene rings is 2. The zero-order chi connectivity index (χ0) is 17.0. The zero-order valence-corrected chi connectivity index (χ0v) is 15.8. The molecule has 0 N–H and O–H groups in total. The third-order valence-electron chi connectivity index (χ3n) is 4.79. The Bertz CT molecular complexity index is 1270. The second kappa shape index (κ2) is 5.52. The van der Waals surface area contributed by atoms with Crippen LogP contribution in [0.15, 0.2) is 60.7 Å². The standard InChI is InChI=1S/C22H16N2Se/c1-13-11-20-19(23-14(13)2)10-9-18(24-20)15-7-8-17-16-5-3-4-6-21(16)25-22(17)12-15/h3-12H,1-2H3. The first-order chi connectivity index (χ1) is 12.2. The Labute approximate surface area is 151 Å². The van der Waals surface area contributed by atoms with Crippen LogP contribution in [0, 0.1) is 13.8 Å². The van der Waals surface area contributed by atoms with Crippen molar-refractivity contribution in [2.24, 2.45) is 0 Å². The van der Waals surface area contributed by atoms with Gasteiger partial charge < -0.3 is 0 Å². The predicted molar refractivity (Wildman–Crippen MR) is 106 cm³/mol. The quantitative estimate of drug-likeness (QED) is 0.366. The molecule has 0 aliphatic rings. The normalized spacial score (nSPS) is 11.6. The summed E-state index contributed by atoms with van der Waals surface area (Å²) in [4.78, 5) is 9.50. The first-order valence-corrected chi connectivity index (χ1v) is 10.1. The van der Waals surface area contributed by atoms with Gasteiger partial charge in [-0.05, 0) is 0 Å². The second-order valence-corrected chi connectivity index (χ2v) is 8.71. The summed E-state index contributed by atoms with van der Waals surface area (Å²) in [7, 11) is 0. The second-order valence-electron chi connectivity index (χ2n) is 6.43. The molecule has 0 saturated carbocycles. The third-order valence-corrected chi connectivity index (χ3v) is 7.17. The van der Waals surface area contributed by atoms with Gasteiger partial charge in [0.1, 0.15) is 0 Å². The fourth-order valence-electron chi connectivity index (χ4n) is 3.29. The molecule has 5 aromatic rings. The van der Waals surface area contributed by atoms with E-state index in [0.717, 1.165) is 22.4 Å². The molecule has 0 spiro atoms. The topological polar surface area (TPSA) is 25.8 Å². The monoisotopic (exact) mass is 388 g/mol. The van der Waals surface area contributed by atoms with E-state index in [0.29, 0.717) is 14.5 Å². The minimum atomic E-state index is 0.383. The number of rotatable bonds is 1. The molecule has 0 bridgehead atoms. The van der Waals surface area contributed by atoms with Crippen molar-refractivity contribution in [1.82, 2.24) is 9.97 Å². The molecule has 0 unspecified atom stereocenters. The van der Waals surface area contributed by atoms with Gasteiger partial charge in [-0.1, -0.05) is 0 Å². The first-order valence-electron chi connectivity index (χ1n) is 8.36. The van der Waals surface area contributed by atoms with E-state index in [-0.39, 0.29) is 0 Å². The van der Waals surface area contributed by atoms with Crippen LogP contribution in [0.5, 0.6) is 0 Å². The molecule has 120 valence electrons. The van der Waals surface area contributed by atoms with Crippen molar-refractivity contribution in [1.29, 1.82) is 0 Å². The van der Waals surface area contributed by atoms with Gasteiger partial charge in [-0.2, -0.15) is 0 Å². The number of pyridine rings is 2. The fraction of sp³-hybridized carbons (Fsp3) is 0.0909. The molecule has 3 heteroatoms. The van der Waals surface area contributed by atoms with Crippen LogP contribution in [0.2, 0.25) is 0 Å². The summed E-state index contributed by atoms with van der Waals surface area (Å²) in [6.07, 6.45) is 0. The van der Waals surface area contributed by atoms with Crippen LogP contribution < -0.4 is 0 Å². The number of nitrogens with zero attached hydrogens (tertiary/aromatic N) is 2. The number of hydrogen-bond acceptors (Lipinski definition) is 2. The minimum absolute atomic E-state index is 0.383. The number of aryl methyl sites for hydroxylation is 2. The SMILES string of the molecule is Cc1cc2nc(-c3ccc4c(c3)[se]c3ccccc34)ccc2nc1C. The van der Waals surface area contributed by atoms with Crippen LogP contribution in [-0.4, -0.2) is 24.5 Å². The van der Waals surface area contributed by atoms with Crippen LogP contribution in [0.1, 0.15) is 11.3 Å². The maximum absolute atomic E-state index is 4.87. The van der Waals surface area contributed by atoms with Crippen molar-refractivity contribution in [3.63, 3.8) is 0 Å². The van der Waals surface area contributed by atoms with Crippen molar-refractivity contribution >= 4 is 44.8 Å². The molecule has 0 aliphatic heterocycles. The van der Waals surface area contributed by atoms with Crippen molar-refractivity contribution in [3.8, 4) is 11.3 Å². The van der Waals surface area contributed by atoms with Crippen LogP contribution in [-0.2, 0) is 0 Å². The van der Waals surface area contributed by atoms with Crippen molar-refractivity contribution in [2.75, 3.05) is 0 Å². The van der Waals surface area contributed by atoms with Crippen LogP contribution >= 0.6 is 0 Å². The van der Waals surface area contributed by atoms with Gasteiger partial charge in [-0.3, -0.25) is 0 Å². The predicted octanol–water partition coefficient (Wildman–Crippen LogP) is 5.28. The van der Waals surface area contributed by atoms with Gasteiger partial charge in [0.15, 0.2) is 0 Å². The Balaban J connectivity index is 1.70. The number of aromatic nitrogens is 2. The van der Waals surface area contributed by atoms with E-state index in [1.807, 2.05) is 6.92 Å². The molecular formula is C22H16N2Se. The molecule has 3 heterocycles. The third kappa shape index (κ3) is 2.39. The summed E-state index contributed by atoms with van der Waals surface area (Å²) in [6.45, 7) is 4.13. The van der Waals surface area contributed by atoms with E-state index in [1.54, 1.807) is 0 Å². The Morgan fingerprint density at radius 2 is 1.56 bits per heavy atom.